The molecule has 0 saturated heterocycles. The second-order valence-electron chi connectivity index (χ2n) is 6.71. The summed E-state index contributed by atoms with van der Waals surface area (Å²) in [5.41, 5.74) is 1.63. The molecule has 8 heteroatoms. The fourth-order valence-electron chi connectivity index (χ4n) is 3.14. The molecule has 0 aliphatic carbocycles. The number of fused-ring (bicyclic) bond motifs is 1. The highest BCUT2D eigenvalue weighted by atomic mass is 19.1. The van der Waals surface area contributed by atoms with Crippen LogP contribution in [0.3, 0.4) is 0 Å². The molecule has 1 aromatic heterocycles. The van der Waals surface area contributed by atoms with Crippen molar-refractivity contribution < 1.29 is 27.9 Å². The minimum absolute atomic E-state index is 0.0919. The number of benzene rings is 2. The molecule has 0 saturated carbocycles. The lowest BCUT2D eigenvalue weighted by molar-refractivity contribution is -0.128. The maximum absolute atomic E-state index is 13.1. The van der Waals surface area contributed by atoms with Crippen LogP contribution >= 0.6 is 0 Å². The molecule has 152 valence electrons. The summed E-state index contributed by atoms with van der Waals surface area (Å²) in [5.74, 6) is -1.80. The molecule has 1 aliphatic heterocycles. The number of ether oxygens (including phenoxy) is 1. The van der Waals surface area contributed by atoms with Gasteiger partial charge in [0.25, 0.3) is 5.91 Å². The number of rotatable bonds is 4. The van der Waals surface area contributed by atoms with Gasteiger partial charge in [-0.3, -0.25) is 14.5 Å². The van der Waals surface area contributed by atoms with Crippen LogP contribution in [-0.4, -0.2) is 30.4 Å². The second kappa shape index (κ2) is 7.82. The Morgan fingerprint density at radius 1 is 1.10 bits per heavy atom. The quantitative estimate of drug-likeness (QED) is 0.666. The molecule has 0 fully saturated rings. The minimum Gasteiger partial charge on any atom is -0.449 e. The van der Waals surface area contributed by atoms with Crippen LogP contribution in [0, 0.1) is 5.82 Å². The molecule has 1 N–H and O–H groups in total. The van der Waals surface area contributed by atoms with Crippen molar-refractivity contribution in [1.82, 2.24) is 0 Å². The fraction of sp³-hybridized carbons (Fsp3) is 0.136. The molecular weight excluding hydrogens is 391 g/mol. The average molecular weight is 408 g/mol. The van der Waals surface area contributed by atoms with Gasteiger partial charge in [-0.25, -0.2) is 9.18 Å². The van der Waals surface area contributed by atoms with E-state index < -0.39 is 18.0 Å². The zero-order chi connectivity index (χ0) is 21.3. The van der Waals surface area contributed by atoms with E-state index >= 15 is 0 Å². The van der Waals surface area contributed by atoms with Gasteiger partial charge in [-0.1, -0.05) is 12.1 Å². The number of furan rings is 1. The van der Waals surface area contributed by atoms with Gasteiger partial charge < -0.3 is 14.5 Å². The van der Waals surface area contributed by atoms with Crippen LogP contribution in [0.5, 0.6) is 0 Å². The van der Waals surface area contributed by atoms with E-state index in [0.717, 1.165) is 0 Å². The predicted molar refractivity (Wildman–Crippen MR) is 106 cm³/mol. The number of anilines is 2. The van der Waals surface area contributed by atoms with Crippen molar-refractivity contribution in [3.05, 3.63) is 72.2 Å². The normalized spacial score (nSPS) is 13.9. The Bertz CT molecular complexity index is 1120. The molecule has 0 bridgehead atoms. The number of esters is 1. The van der Waals surface area contributed by atoms with Crippen LogP contribution < -0.4 is 10.2 Å². The van der Waals surface area contributed by atoms with Crippen LogP contribution in [-0.2, 0) is 14.3 Å². The largest absolute Gasteiger partial charge is 0.449 e. The summed E-state index contributed by atoms with van der Waals surface area (Å²) >= 11 is 0. The number of amides is 2. The van der Waals surface area contributed by atoms with Crippen LogP contribution in [0.15, 0.2) is 65.1 Å². The second-order valence-corrected chi connectivity index (χ2v) is 6.71. The van der Waals surface area contributed by atoms with Gasteiger partial charge in [-0.15, -0.1) is 0 Å². The summed E-state index contributed by atoms with van der Waals surface area (Å²) in [4.78, 5) is 38.4. The van der Waals surface area contributed by atoms with Gasteiger partial charge in [0.15, 0.2) is 6.10 Å². The first-order chi connectivity index (χ1) is 14.4. The summed E-state index contributed by atoms with van der Waals surface area (Å²) in [7, 11) is 0. The molecule has 2 heterocycles. The van der Waals surface area contributed by atoms with Gasteiger partial charge in [-0.2, -0.15) is 0 Å². The van der Waals surface area contributed by atoms with Gasteiger partial charge in [0.2, 0.25) is 11.7 Å². The molecule has 0 spiro atoms. The molecule has 3 aromatic rings. The van der Waals surface area contributed by atoms with Crippen molar-refractivity contribution in [1.29, 1.82) is 0 Å². The van der Waals surface area contributed by atoms with E-state index in [0.29, 0.717) is 22.7 Å². The van der Waals surface area contributed by atoms with Gasteiger partial charge in [0.05, 0.1) is 11.4 Å². The lowest BCUT2D eigenvalue weighted by Gasteiger charge is -2.30. The zero-order valence-electron chi connectivity index (χ0n) is 15.9. The van der Waals surface area contributed by atoms with Crippen LogP contribution in [0.25, 0.3) is 11.3 Å². The lowest BCUT2D eigenvalue weighted by atomic mass is 10.1. The number of carbonyl (C=O) groups excluding carboxylic acids is 3. The molecule has 4 rings (SSSR count). The Balaban J connectivity index is 1.47. The number of hydrogen-bond acceptors (Lipinski definition) is 5. The van der Waals surface area contributed by atoms with Crippen molar-refractivity contribution in [2.75, 3.05) is 16.8 Å². The Morgan fingerprint density at radius 2 is 1.83 bits per heavy atom. The summed E-state index contributed by atoms with van der Waals surface area (Å²) in [6.07, 6.45) is -1.14. The Hall–Kier alpha value is -3.94. The van der Waals surface area contributed by atoms with Crippen LogP contribution in [0.1, 0.15) is 17.5 Å². The highest BCUT2D eigenvalue weighted by Gasteiger charge is 2.32. The maximum Gasteiger partial charge on any atom is 0.375 e. The van der Waals surface area contributed by atoms with Crippen LogP contribution in [0.4, 0.5) is 15.8 Å². The van der Waals surface area contributed by atoms with Gasteiger partial charge in [-0.05, 0) is 55.5 Å². The third kappa shape index (κ3) is 3.80. The molecule has 30 heavy (non-hydrogen) atoms. The van der Waals surface area contributed by atoms with Crippen molar-refractivity contribution >= 4 is 29.2 Å². The Kier molecular flexibility index (Phi) is 5.05. The molecular formula is C22H17FN2O5. The van der Waals surface area contributed by atoms with Crippen molar-refractivity contribution in [3.63, 3.8) is 0 Å². The first-order valence-electron chi connectivity index (χ1n) is 9.19. The molecule has 1 aliphatic rings. The highest BCUT2D eigenvalue weighted by molar-refractivity contribution is 6.11. The van der Waals surface area contributed by atoms with Crippen LogP contribution in [0.2, 0.25) is 0 Å². The molecule has 7 nitrogen and oxygen atoms in total. The smallest absolute Gasteiger partial charge is 0.375 e. The average Bonchev–Trinajstić information content (AvgIpc) is 3.23. The van der Waals surface area contributed by atoms with Crippen molar-refractivity contribution in [3.8, 4) is 11.3 Å². The molecule has 0 radical (unpaired) electrons. The highest BCUT2D eigenvalue weighted by Crippen LogP contribution is 2.30. The number of nitrogens with one attached hydrogen (secondary N) is 1. The Morgan fingerprint density at radius 3 is 2.60 bits per heavy atom. The topological polar surface area (TPSA) is 88.8 Å². The summed E-state index contributed by atoms with van der Waals surface area (Å²) in [6, 6.07) is 15.4. The van der Waals surface area contributed by atoms with E-state index in [1.54, 1.807) is 30.3 Å². The molecule has 0 unspecified atom stereocenters. The summed E-state index contributed by atoms with van der Waals surface area (Å²) < 4.78 is 23.8. The summed E-state index contributed by atoms with van der Waals surface area (Å²) in [6.45, 7) is 1.26. The number of carbonyl (C=O) groups is 3. The zero-order valence-corrected chi connectivity index (χ0v) is 15.9. The van der Waals surface area contributed by atoms with Gasteiger partial charge in [0.1, 0.15) is 18.1 Å². The number of hydrogen-bond donors (Lipinski definition) is 1. The van der Waals surface area contributed by atoms with E-state index in [-0.39, 0.29) is 24.0 Å². The van der Waals surface area contributed by atoms with E-state index in [1.807, 2.05) is 0 Å². The maximum atomic E-state index is 13.1. The summed E-state index contributed by atoms with van der Waals surface area (Å²) in [5, 5.41) is 2.69. The monoisotopic (exact) mass is 408 g/mol. The molecule has 1 atom stereocenters. The first-order valence-corrected chi connectivity index (χ1v) is 9.19. The fourth-order valence-corrected chi connectivity index (χ4v) is 3.14. The van der Waals surface area contributed by atoms with Crippen molar-refractivity contribution in [2.45, 2.75) is 13.0 Å². The van der Waals surface area contributed by atoms with Gasteiger partial charge >= 0.3 is 5.97 Å². The molecule has 2 aromatic carbocycles. The first kappa shape index (κ1) is 19.4. The standard InChI is InChI=1S/C22H17FN2O5/c1-13(21(27)25-12-20(26)24-16-4-2-3-5-17(16)25)29-22(28)19-11-10-18(30-19)14-6-8-15(23)9-7-14/h2-11,13H,12H2,1H3,(H,24,26)/t13-/m0/s1. The van der Waals surface area contributed by atoms with Gasteiger partial charge in [0, 0.05) is 5.56 Å². The molecule has 2 amide bonds. The Labute approximate surface area is 171 Å². The third-order valence-electron chi connectivity index (χ3n) is 4.60. The predicted octanol–water partition coefficient (Wildman–Crippen LogP) is 3.62. The van der Waals surface area contributed by atoms with E-state index in [2.05, 4.69) is 5.32 Å². The minimum atomic E-state index is -1.14. The lowest BCUT2D eigenvalue weighted by Crippen LogP contribution is -2.47. The van der Waals surface area contributed by atoms with Crippen molar-refractivity contribution in [2.24, 2.45) is 0 Å². The number of nitrogens with zero attached hydrogens (tertiary/aromatic N) is 1. The number of para-hydroxylation sites is 2. The van der Waals surface area contributed by atoms with E-state index in [1.165, 1.54) is 42.2 Å². The third-order valence-corrected chi connectivity index (χ3v) is 4.60. The van der Waals surface area contributed by atoms with E-state index in [4.69, 9.17) is 9.15 Å². The van der Waals surface area contributed by atoms with E-state index in [9.17, 15) is 18.8 Å². The number of halogens is 1. The SMILES string of the molecule is C[C@H](OC(=O)c1ccc(-c2ccc(F)cc2)o1)C(=O)N1CC(=O)Nc2ccccc21.